The molecule has 34 heavy (non-hydrogen) atoms. The predicted octanol–water partition coefficient (Wildman–Crippen LogP) is 3.17. The minimum absolute atomic E-state index is 0.189. The van der Waals surface area contributed by atoms with Crippen molar-refractivity contribution in [1.29, 1.82) is 0 Å². The molecule has 1 aromatic heterocycles. The molecule has 9 nitrogen and oxygen atoms in total. The van der Waals surface area contributed by atoms with Gasteiger partial charge >= 0.3 is 10.2 Å². The normalized spacial score (nSPS) is 19.7. The van der Waals surface area contributed by atoms with Gasteiger partial charge in [0.05, 0.1) is 36.1 Å². The van der Waals surface area contributed by atoms with Gasteiger partial charge < -0.3 is 15.6 Å². The van der Waals surface area contributed by atoms with Gasteiger partial charge in [0, 0.05) is 37.2 Å². The van der Waals surface area contributed by atoms with Gasteiger partial charge in [0.25, 0.3) is 5.92 Å². The second-order valence-corrected chi connectivity index (χ2v) is 10.1. The molecule has 1 saturated carbocycles. The van der Waals surface area contributed by atoms with Crippen LogP contribution < -0.4 is 19.1 Å². The smallest absolute Gasteiger partial charge is 0.326 e. The van der Waals surface area contributed by atoms with Gasteiger partial charge in [-0.1, -0.05) is 6.07 Å². The van der Waals surface area contributed by atoms with Crippen LogP contribution in [0.15, 0.2) is 48.8 Å². The Morgan fingerprint density at radius 3 is 2.68 bits per heavy atom. The molecule has 12 heteroatoms. The van der Waals surface area contributed by atoms with Crippen LogP contribution >= 0.6 is 0 Å². The average Bonchev–Trinajstić information content (AvgIpc) is 3.38. The van der Waals surface area contributed by atoms with Crippen molar-refractivity contribution in [3.63, 3.8) is 0 Å². The monoisotopic (exact) mass is 489 g/mol. The molecule has 1 fully saturated rings. The number of fused-ring (bicyclic) bond motifs is 1. The highest BCUT2D eigenvalue weighted by molar-refractivity contribution is 7.94. The van der Waals surface area contributed by atoms with E-state index in [0.29, 0.717) is 39.6 Å². The maximum atomic E-state index is 13.5. The van der Waals surface area contributed by atoms with Gasteiger partial charge in [0.15, 0.2) is 0 Å². The maximum absolute atomic E-state index is 13.5. The molecule has 0 amide bonds. The van der Waals surface area contributed by atoms with Crippen LogP contribution in [0.3, 0.4) is 0 Å². The first-order chi connectivity index (χ1) is 16.1. The molecule has 2 aromatic carbocycles. The average molecular weight is 490 g/mol. The molecule has 3 aromatic rings. The highest BCUT2D eigenvalue weighted by Crippen LogP contribution is 2.52. The number of aromatic nitrogens is 2. The summed E-state index contributed by atoms with van der Waals surface area (Å²) in [5.74, 6) is -3.22. The summed E-state index contributed by atoms with van der Waals surface area (Å²) < 4.78 is 60.5. The zero-order valence-electron chi connectivity index (χ0n) is 18.0. The Hall–Kier alpha value is -3.51. The molecule has 2 aliphatic rings. The Balaban J connectivity index is 1.47. The second kappa shape index (κ2) is 7.77. The number of ether oxygens (including phenoxy) is 1. The lowest BCUT2D eigenvalue weighted by Crippen LogP contribution is -2.37. The fraction of sp³-hybridized carbons (Fsp3) is 0.273. The Labute approximate surface area is 194 Å². The van der Waals surface area contributed by atoms with E-state index in [1.54, 1.807) is 36.4 Å². The highest BCUT2D eigenvalue weighted by Gasteiger charge is 2.59. The third kappa shape index (κ3) is 3.78. The molecular weight excluding hydrogens is 468 g/mol. The van der Waals surface area contributed by atoms with Crippen molar-refractivity contribution < 1.29 is 27.0 Å². The largest absolute Gasteiger partial charge is 0.437 e. The van der Waals surface area contributed by atoms with E-state index in [0.717, 1.165) is 8.61 Å². The third-order valence-corrected chi connectivity index (χ3v) is 7.72. The van der Waals surface area contributed by atoms with Gasteiger partial charge in [-0.05, 0) is 35.9 Å². The zero-order valence-corrected chi connectivity index (χ0v) is 18.8. The number of halogens is 2. The van der Waals surface area contributed by atoms with E-state index in [2.05, 4.69) is 9.97 Å². The van der Waals surface area contributed by atoms with E-state index < -0.39 is 22.0 Å². The molecule has 1 unspecified atom stereocenters. The fourth-order valence-electron chi connectivity index (χ4n) is 3.89. The minimum atomic E-state index is -3.95. The Bertz CT molecular complexity index is 1390. The summed E-state index contributed by atoms with van der Waals surface area (Å²) in [6.07, 6.45) is 2.51. The maximum Gasteiger partial charge on any atom is 0.326 e. The van der Waals surface area contributed by atoms with Crippen molar-refractivity contribution in [2.75, 3.05) is 27.9 Å². The lowest BCUT2D eigenvalue weighted by atomic mass is 10.0. The topological polar surface area (TPSA) is 122 Å². The SMILES string of the molecule is CN1c2cc(-c3cc(Oc4cncc(CO)n4)ccc3N)ccc2N(CC2CC2(F)F)S1(=O)=O. The van der Waals surface area contributed by atoms with Crippen LogP contribution in [-0.4, -0.2) is 43.0 Å². The molecule has 1 aliphatic heterocycles. The van der Waals surface area contributed by atoms with Gasteiger partial charge in [0.1, 0.15) is 5.75 Å². The van der Waals surface area contributed by atoms with Crippen LogP contribution in [0.1, 0.15) is 12.1 Å². The van der Waals surface area contributed by atoms with Crippen molar-refractivity contribution in [3.8, 4) is 22.8 Å². The Morgan fingerprint density at radius 2 is 1.97 bits per heavy atom. The van der Waals surface area contributed by atoms with Crippen LogP contribution in [0.5, 0.6) is 11.6 Å². The lowest BCUT2D eigenvalue weighted by Gasteiger charge is -2.18. The van der Waals surface area contributed by atoms with E-state index in [9.17, 15) is 22.3 Å². The van der Waals surface area contributed by atoms with E-state index in [1.807, 2.05) is 0 Å². The highest BCUT2D eigenvalue weighted by atomic mass is 32.2. The number of nitrogen functional groups attached to an aromatic ring is 1. The second-order valence-electron chi connectivity index (χ2n) is 8.23. The standard InChI is InChI=1S/C22H21F2N5O4S/c1-28-20-6-13(2-5-19(20)29(34(28,31)32)11-14-8-22(14,23)24)17-7-16(3-4-18(17)25)33-21-10-26-9-15(12-30)27-21/h2-7,9-10,14,30H,8,11-12,25H2,1H3. The number of aliphatic hydroxyl groups is 1. The number of nitrogens with zero attached hydrogens (tertiary/aromatic N) is 4. The molecule has 1 aliphatic carbocycles. The van der Waals surface area contributed by atoms with Crippen molar-refractivity contribution in [1.82, 2.24) is 9.97 Å². The van der Waals surface area contributed by atoms with Crippen molar-refractivity contribution in [3.05, 3.63) is 54.5 Å². The number of alkyl halides is 2. The van der Waals surface area contributed by atoms with E-state index in [1.165, 1.54) is 19.4 Å². The Morgan fingerprint density at radius 1 is 1.21 bits per heavy atom. The van der Waals surface area contributed by atoms with Crippen LogP contribution in [0.25, 0.3) is 11.1 Å². The Kier molecular flexibility index (Phi) is 5.10. The number of hydrogen-bond acceptors (Lipinski definition) is 7. The number of benzene rings is 2. The fourth-order valence-corrected chi connectivity index (χ4v) is 5.35. The first-order valence-electron chi connectivity index (χ1n) is 10.4. The minimum Gasteiger partial charge on any atom is -0.437 e. The number of anilines is 3. The van der Waals surface area contributed by atoms with Crippen LogP contribution in [0.4, 0.5) is 25.8 Å². The van der Waals surface area contributed by atoms with Crippen molar-refractivity contribution in [2.45, 2.75) is 19.0 Å². The molecule has 2 heterocycles. The van der Waals surface area contributed by atoms with Crippen LogP contribution in [0, 0.1) is 5.92 Å². The molecule has 178 valence electrons. The summed E-state index contributed by atoms with van der Waals surface area (Å²) in [4.78, 5) is 8.10. The molecule has 0 spiro atoms. The summed E-state index contributed by atoms with van der Waals surface area (Å²) in [5.41, 5.74) is 8.89. The number of aliphatic hydroxyl groups excluding tert-OH is 1. The van der Waals surface area contributed by atoms with Gasteiger partial charge in [-0.25, -0.2) is 13.8 Å². The molecule has 0 saturated heterocycles. The van der Waals surface area contributed by atoms with Gasteiger partial charge in [0.2, 0.25) is 5.88 Å². The lowest BCUT2D eigenvalue weighted by molar-refractivity contribution is 0.101. The first kappa shape index (κ1) is 22.3. The summed E-state index contributed by atoms with van der Waals surface area (Å²) in [5, 5.41) is 9.23. The van der Waals surface area contributed by atoms with E-state index in [-0.39, 0.29) is 25.5 Å². The van der Waals surface area contributed by atoms with Crippen LogP contribution in [0.2, 0.25) is 0 Å². The summed E-state index contributed by atoms with van der Waals surface area (Å²) in [7, 11) is -2.57. The van der Waals surface area contributed by atoms with Gasteiger partial charge in [-0.3, -0.25) is 13.6 Å². The number of rotatable bonds is 6. The first-order valence-corrected chi connectivity index (χ1v) is 11.8. The van der Waals surface area contributed by atoms with Crippen molar-refractivity contribution in [2.24, 2.45) is 5.92 Å². The molecule has 0 radical (unpaired) electrons. The molecule has 1 atom stereocenters. The molecule has 5 rings (SSSR count). The molecule has 0 bridgehead atoms. The summed E-state index contributed by atoms with van der Waals surface area (Å²) in [6, 6.07) is 9.90. The van der Waals surface area contributed by atoms with Gasteiger partial charge in [-0.2, -0.15) is 8.42 Å². The van der Waals surface area contributed by atoms with E-state index >= 15 is 0 Å². The summed E-state index contributed by atoms with van der Waals surface area (Å²) >= 11 is 0. The van der Waals surface area contributed by atoms with Crippen LogP contribution in [-0.2, 0) is 16.8 Å². The molecular formula is C22H21F2N5O4S. The number of hydrogen-bond donors (Lipinski definition) is 2. The summed E-state index contributed by atoms with van der Waals surface area (Å²) in [6.45, 7) is -0.552. The number of nitrogens with two attached hydrogens (primary N) is 1. The molecule has 3 N–H and O–H groups in total. The third-order valence-electron chi connectivity index (χ3n) is 5.93. The predicted molar refractivity (Wildman–Crippen MR) is 122 cm³/mol. The van der Waals surface area contributed by atoms with Crippen molar-refractivity contribution >= 4 is 27.3 Å². The zero-order chi connectivity index (χ0) is 24.3. The van der Waals surface area contributed by atoms with Gasteiger partial charge in [-0.15, -0.1) is 0 Å². The van der Waals surface area contributed by atoms with E-state index in [4.69, 9.17) is 10.5 Å². The quantitative estimate of drug-likeness (QED) is 0.510.